The van der Waals surface area contributed by atoms with Gasteiger partial charge in [-0.15, -0.1) is 0 Å². The van der Waals surface area contributed by atoms with Crippen LogP contribution in [-0.2, 0) is 11.3 Å². The maximum absolute atomic E-state index is 9.89. The summed E-state index contributed by atoms with van der Waals surface area (Å²) in [7, 11) is 0. The van der Waals surface area contributed by atoms with E-state index in [2.05, 4.69) is 11.9 Å². The van der Waals surface area contributed by atoms with Crippen LogP contribution in [0.2, 0.25) is 0 Å². The van der Waals surface area contributed by atoms with Gasteiger partial charge in [0.15, 0.2) is 6.10 Å². The van der Waals surface area contributed by atoms with E-state index < -0.39 is 6.10 Å². The number of imidazole rings is 1. The highest BCUT2D eigenvalue weighted by Gasteiger charge is 2.29. The fraction of sp³-hybridized carbons (Fsp3) is 0.727. The number of nitrogens with two attached hydrogens (primary N) is 1. The molecule has 1 aliphatic heterocycles. The van der Waals surface area contributed by atoms with Crippen LogP contribution in [0.3, 0.4) is 0 Å². The quantitative estimate of drug-likeness (QED) is 0.729. The molecular weight excluding hydrogens is 222 g/mol. The van der Waals surface area contributed by atoms with Crippen molar-refractivity contribution in [3.8, 4) is 6.01 Å². The van der Waals surface area contributed by atoms with Crippen LogP contribution in [0.15, 0.2) is 6.20 Å². The molecule has 2 heterocycles. The topological polar surface area (TPSA) is 82.5 Å². The van der Waals surface area contributed by atoms with Crippen molar-refractivity contribution in [1.82, 2.24) is 9.55 Å². The third kappa shape index (κ3) is 2.89. The number of nitrogens with zero attached hydrogens (tertiary/aromatic N) is 2. The third-order valence-electron chi connectivity index (χ3n) is 2.75. The maximum atomic E-state index is 9.89. The smallest absolute Gasteiger partial charge is 0.298 e. The summed E-state index contributed by atoms with van der Waals surface area (Å²) in [5.74, 6) is 0.403. The zero-order valence-corrected chi connectivity index (χ0v) is 10.0. The van der Waals surface area contributed by atoms with Crippen molar-refractivity contribution in [3.63, 3.8) is 0 Å². The van der Waals surface area contributed by atoms with Gasteiger partial charge < -0.3 is 20.3 Å². The molecule has 0 aliphatic carbocycles. The van der Waals surface area contributed by atoms with Crippen molar-refractivity contribution in [2.45, 2.75) is 38.5 Å². The molecule has 0 spiro atoms. The molecule has 6 nitrogen and oxygen atoms in total. The summed E-state index contributed by atoms with van der Waals surface area (Å²) in [6, 6.07) is 0.455. The molecule has 1 aliphatic rings. The lowest BCUT2D eigenvalue weighted by molar-refractivity contribution is -0.0535. The highest BCUT2D eigenvalue weighted by atomic mass is 16.6. The summed E-state index contributed by atoms with van der Waals surface area (Å²) in [5.41, 5.74) is 5.56. The van der Waals surface area contributed by atoms with E-state index in [-0.39, 0.29) is 6.10 Å². The Hall–Kier alpha value is -1.27. The van der Waals surface area contributed by atoms with Crippen LogP contribution in [0.5, 0.6) is 6.01 Å². The molecular formula is C11H19N3O3. The van der Waals surface area contributed by atoms with Gasteiger partial charge in [0.25, 0.3) is 6.01 Å². The molecule has 0 aromatic carbocycles. The number of aliphatic hydroxyl groups is 1. The molecule has 0 radical (unpaired) electrons. The second kappa shape index (κ2) is 5.37. The van der Waals surface area contributed by atoms with Crippen molar-refractivity contribution in [2.24, 2.45) is 0 Å². The predicted octanol–water partition coefficient (Wildman–Crippen LogP) is 0.404. The van der Waals surface area contributed by atoms with Gasteiger partial charge in [0.2, 0.25) is 0 Å². The molecule has 17 heavy (non-hydrogen) atoms. The lowest BCUT2D eigenvalue weighted by Crippen LogP contribution is -2.43. The summed E-state index contributed by atoms with van der Waals surface area (Å²) in [6.45, 7) is 3.63. The summed E-state index contributed by atoms with van der Waals surface area (Å²) in [6.07, 6.45) is 2.82. The average molecular weight is 241 g/mol. The van der Waals surface area contributed by atoms with Gasteiger partial charge in [0, 0.05) is 6.61 Å². The van der Waals surface area contributed by atoms with Gasteiger partial charge in [-0.1, -0.05) is 13.3 Å². The minimum Gasteiger partial charge on any atom is -0.456 e. The SMILES string of the molecule is CCCCOC[C@@H]1Oc2nc(N)cn2C[C@@H]1O. The molecule has 1 aromatic rings. The third-order valence-corrected chi connectivity index (χ3v) is 2.75. The summed E-state index contributed by atoms with van der Waals surface area (Å²) >= 11 is 0. The fourth-order valence-electron chi connectivity index (χ4n) is 1.77. The Morgan fingerprint density at radius 2 is 2.53 bits per heavy atom. The molecule has 0 saturated heterocycles. The number of hydrogen-bond donors (Lipinski definition) is 2. The van der Waals surface area contributed by atoms with E-state index in [0.717, 1.165) is 12.8 Å². The van der Waals surface area contributed by atoms with Gasteiger partial charge in [0.1, 0.15) is 11.9 Å². The fourth-order valence-corrected chi connectivity index (χ4v) is 1.77. The monoisotopic (exact) mass is 241 g/mol. The molecule has 1 aromatic heterocycles. The zero-order valence-electron chi connectivity index (χ0n) is 10.0. The second-order valence-corrected chi connectivity index (χ2v) is 4.25. The normalized spacial score (nSPS) is 23.2. The molecule has 0 amide bonds. The number of anilines is 1. The Kier molecular flexibility index (Phi) is 3.86. The Morgan fingerprint density at radius 1 is 1.71 bits per heavy atom. The van der Waals surface area contributed by atoms with Gasteiger partial charge >= 0.3 is 0 Å². The first kappa shape index (κ1) is 12.2. The van der Waals surface area contributed by atoms with Crippen LogP contribution < -0.4 is 10.5 Å². The van der Waals surface area contributed by atoms with Crippen LogP contribution in [0.25, 0.3) is 0 Å². The van der Waals surface area contributed by atoms with Gasteiger partial charge in [-0.25, -0.2) is 0 Å². The van der Waals surface area contributed by atoms with Crippen molar-refractivity contribution >= 4 is 5.82 Å². The number of fused-ring (bicyclic) bond motifs is 1. The number of unbranched alkanes of at least 4 members (excludes halogenated alkanes) is 1. The standard InChI is InChI=1S/C11H19N3O3/c1-2-3-4-16-7-9-8(15)5-14-6-10(12)13-11(14)17-9/h6,8-9,15H,2-5,7,12H2,1H3/t8-,9-/m0/s1. The van der Waals surface area contributed by atoms with E-state index in [1.807, 2.05) is 0 Å². The Bertz CT molecular complexity index is 367. The molecule has 0 bridgehead atoms. The van der Waals surface area contributed by atoms with Crippen molar-refractivity contribution < 1.29 is 14.6 Å². The second-order valence-electron chi connectivity index (χ2n) is 4.25. The lowest BCUT2D eigenvalue weighted by Gasteiger charge is -2.28. The van der Waals surface area contributed by atoms with Crippen LogP contribution in [0.1, 0.15) is 19.8 Å². The maximum Gasteiger partial charge on any atom is 0.298 e. The average Bonchev–Trinajstić information content (AvgIpc) is 2.63. The van der Waals surface area contributed by atoms with Gasteiger partial charge in [0.05, 0.1) is 19.3 Å². The minimum atomic E-state index is -0.585. The van der Waals surface area contributed by atoms with Crippen LogP contribution >= 0.6 is 0 Å². The summed E-state index contributed by atoms with van der Waals surface area (Å²) < 4.78 is 12.7. The van der Waals surface area contributed by atoms with Gasteiger partial charge in [-0.3, -0.25) is 4.57 Å². The molecule has 2 atom stereocenters. The van der Waals surface area contributed by atoms with E-state index in [0.29, 0.717) is 31.6 Å². The number of hydrogen-bond acceptors (Lipinski definition) is 5. The van der Waals surface area contributed by atoms with Crippen molar-refractivity contribution in [1.29, 1.82) is 0 Å². The predicted molar refractivity (Wildman–Crippen MR) is 62.8 cm³/mol. The first-order valence-corrected chi connectivity index (χ1v) is 5.95. The number of rotatable bonds is 5. The van der Waals surface area contributed by atoms with E-state index >= 15 is 0 Å². The first-order chi connectivity index (χ1) is 8.20. The van der Waals surface area contributed by atoms with E-state index in [1.54, 1.807) is 10.8 Å². The molecule has 0 saturated carbocycles. The van der Waals surface area contributed by atoms with E-state index in [4.69, 9.17) is 15.2 Å². The Balaban J connectivity index is 1.88. The molecule has 2 rings (SSSR count). The van der Waals surface area contributed by atoms with Gasteiger partial charge in [-0.05, 0) is 6.42 Å². The van der Waals surface area contributed by atoms with Crippen molar-refractivity contribution in [2.75, 3.05) is 18.9 Å². The Labute approximate surface area is 100 Å². The zero-order chi connectivity index (χ0) is 12.3. The minimum absolute atomic E-state index is 0.360. The number of nitrogen functional groups attached to an aromatic ring is 1. The molecule has 6 heteroatoms. The highest BCUT2D eigenvalue weighted by Crippen LogP contribution is 2.22. The van der Waals surface area contributed by atoms with Crippen LogP contribution in [-0.4, -0.2) is 40.1 Å². The molecule has 96 valence electrons. The van der Waals surface area contributed by atoms with E-state index in [9.17, 15) is 5.11 Å². The molecule has 0 unspecified atom stereocenters. The van der Waals surface area contributed by atoms with E-state index in [1.165, 1.54) is 0 Å². The Morgan fingerprint density at radius 3 is 3.29 bits per heavy atom. The van der Waals surface area contributed by atoms with Gasteiger partial charge in [-0.2, -0.15) is 4.98 Å². The number of aromatic nitrogens is 2. The summed E-state index contributed by atoms with van der Waals surface area (Å²) in [4.78, 5) is 4.03. The summed E-state index contributed by atoms with van der Waals surface area (Å²) in [5, 5.41) is 9.89. The molecule has 3 N–H and O–H groups in total. The number of aliphatic hydroxyl groups excluding tert-OH is 1. The van der Waals surface area contributed by atoms with Crippen LogP contribution in [0.4, 0.5) is 5.82 Å². The lowest BCUT2D eigenvalue weighted by atomic mass is 10.2. The highest BCUT2D eigenvalue weighted by molar-refractivity contribution is 5.29. The number of ether oxygens (including phenoxy) is 2. The largest absolute Gasteiger partial charge is 0.456 e. The van der Waals surface area contributed by atoms with Crippen molar-refractivity contribution in [3.05, 3.63) is 6.20 Å². The molecule has 0 fully saturated rings. The van der Waals surface area contributed by atoms with Crippen LogP contribution in [0, 0.1) is 0 Å². The first-order valence-electron chi connectivity index (χ1n) is 5.95.